The topological polar surface area (TPSA) is 29.1 Å². The number of thiocarbonyl (C=S) groups is 1. The van der Waals surface area contributed by atoms with Crippen molar-refractivity contribution in [1.29, 1.82) is 0 Å². The monoisotopic (exact) mass is 253 g/mol. The Kier molecular flexibility index (Phi) is 3.07. The lowest BCUT2D eigenvalue weighted by Crippen LogP contribution is -2.18. The average Bonchev–Trinajstić information content (AvgIpc) is 2.58. The molecule has 1 heterocycles. The number of hydrogen-bond donors (Lipinski definition) is 1. The summed E-state index contributed by atoms with van der Waals surface area (Å²) in [6.45, 7) is 1.82. The van der Waals surface area contributed by atoms with Crippen molar-refractivity contribution >= 4 is 39.8 Å². The lowest BCUT2D eigenvalue weighted by atomic mass is 10.1. The number of benzene rings is 1. The van der Waals surface area contributed by atoms with Gasteiger partial charge in [0.25, 0.3) is 5.91 Å². The summed E-state index contributed by atoms with van der Waals surface area (Å²) in [5, 5.41) is 2.55. The van der Waals surface area contributed by atoms with Gasteiger partial charge in [0.1, 0.15) is 10.1 Å². The molecule has 1 aliphatic rings. The summed E-state index contributed by atoms with van der Waals surface area (Å²) >= 11 is 6.14. The molecule has 1 aliphatic heterocycles. The Morgan fingerprint density at radius 2 is 2.00 bits per heavy atom. The quantitative estimate of drug-likeness (QED) is 0.616. The van der Waals surface area contributed by atoms with E-state index in [1.54, 1.807) is 12.1 Å². The molecular formula is C11H8FNOS2. The summed E-state index contributed by atoms with van der Waals surface area (Å²) in [5.74, 6) is -0.475. The summed E-state index contributed by atoms with van der Waals surface area (Å²) in [6, 6.07) is 6.03. The van der Waals surface area contributed by atoms with E-state index in [2.05, 4.69) is 5.32 Å². The number of carbonyl (C=O) groups is 1. The zero-order valence-corrected chi connectivity index (χ0v) is 10.0. The second-order valence-electron chi connectivity index (χ2n) is 3.30. The predicted octanol–water partition coefficient (Wildman–Crippen LogP) is 2.70. The average molecular weight is 253 g/mol. The minimum atomic E-state index is -0.291. The van der Waals surface area contributed by atoms with E-state index in [4.69, 9.17) is 12.2 Å². The van der Waals surface area contributed by atoms with Crippen LogP contribution >= 0.6 is 24.0 Å². The van der Waals surface area contributed by atoms with E-state index >= 15 is 0 Å². The molecule has 0 unspecified atom stereocenters. The van der Waals surface area contributed by atoms with Crippen molar-refractivity contribution in [2.75, 3.05) is 0 Å². The number of halogens is 1. The highest BCUT2D eigenvalue weighted by Gasteiger charge is 2.24. The molecule has 2 nitrogen and oxygen atoms in total. The summed E-state index contributed by atoms with van der Waals surface area (Å²) in [6.07, 6.45) is 0. The van der Waals surface area contributed by atoms with Crippen molar-refractivity contribution in [2.45, 2.75) is 6.92 Å². The standard InChI is InChI=1S/C11H8FNOS2/c1-6(7-2-4-8(12)5-3-7)9-10(14)13-11(15)16-9/h2-5H,1H3,(H,13,14,15)/b9-6+. The summed E-state index contributed by atoms with van der Waals surface area (Å²) < 4.78 is 13.2. The van der Waals surface area contributed by atoms with E-state index in [1.165, 1.54) is 23.9 Å². The molecule has 0 saturated carbocycles. The molecule has 1 fully saturated rings. The van der Waals surface area contributed by atoms with Gasteiger partial charge >= 0.3 is 0 Å². The molecule has 2 rings (SSSR count). The number of allylic oxidation sites excluding steroid dienone is 1. The third-order valence-electron chi connectivity index (χ3n) is 2.23. The summed E-state index contributed by atoms with van der Waals surface area (Å²) in [5.41, 5.74) is 1.63. The van der Waals surface area contributed by atoms with Crippen LogP contribution in [0, 0.1) is 5.82 Å². The van der Waals surface area contributed by atoms with Crippen LogP contribution in [0.15, 0.2) is 29.2 Å². The van der Waals surface area contributed by atoms with E-state index in [0.29, 0.717) is 9.23 Å². The fourth-order valence-electron chi connectivity index (χ4n) is 1.39. The van der Waals surface area contributed by atoms with Crippen molar-refractivity contribution in [3.63, 3.8) is 0 Å². The molecule has 1 aromatic carbocycles. The Morgan fingerprint density at radius 1 is 1.38 bits per heavy atom. The van der Waals surface area contributed by atoms with E-state index in [9.17, 15) is 9.18 Å². The van der Waals surface area contributed by atoms with E-state index < -0.39 is 0 Å². The molecule has 1 aromatic rings. The van der Waals surface area contributed by atoms with E-state index in [1.807, 2.05) is 6.92 Å². The Bertz CT molecular complexity index is 493. The summed E-state index contributed by atoms with van der Waals surface area (Å²) in [7, 11) is 0. The number of thioether (sulfide) groups is 1. The van der Waals surface area contributed by atoms with Crippen LogP contribution in [-0.2, 0) is 4.79 Å². The molecule has 1 N–H and O–H groups in total. The fourth-order valence-corrected chi connectivity index (χ4v) is 2.48. The van der Waals surface area contributed by atoms with Crippen LogP contribution in [0.2, 0.25) is 0 Å². The van der Waals surface area contributed by atoms with Gasteiger partial charge in [-0.2, -0.15) is 0 Å². The Hall–Kier alpha value is -1.20. The van der Waals surface area contributed by atoms with Gasteiger partial charge in [-0.25, -0.2) is 4.39 Å². The Morgan fingerprint density at radius 3 is 2.50 bits per heavy atom. The van der Waals surface area contributed by atoms with Crippen LogP contribution < -0.4 is 5.32 Å². The van der Waals surface area contributed by atoms with E-state index in [-0.39, 0.29) is 11.7 Å². The second kappa shape index (κ2) is 4.35. The van der Waals surface area contributed by atoms with Gasteiger partial charge in [-0.3, -0.25) is 4.79 Å². The summed E-state index contributed by atoms with van der Waals surface area (Å²) in [4.78, 5) is 12.1. The van der Waals surface area contributed by atoms with Crippen molar-refractivity contribution in [1.82, 2.24) is 5.32 Å². The van der Waals surface area contributed by atoms with Crippen LogP contribution in [0.4, 0.5) is 4.39 Å². The number of rotatable bonds is 1. The van der Waals surface area contributed by atoms with Gasteiger partial charge in [-0.15, -0.1) is 0 Å². The molecular weight excluding hydrogens is 245 g/mol. The second-order valence-corrected chi connectivity index (χ2v) is 4.99. The molecule has 0 bridgehead atoms. The highest BCUT2D eigenvalue weighted by atomic mass is 32.2. The Balaban J connectivity index is 2.41. The van der Waals surface area contributed by atoms with Crippen LogP contribution in [0.25, 0.3) is 5.57 Å². The zero-order chi connectivity index (χ0) is 11.7. The molecule has 82 valence electrons. The van der Waals surface area contributed by atoms with Crippen molar-refractivity contribution in [3.05, 3.63) is 40.6 Å². The lowest BCUT2D eigenvalue weighted by Gasteiger charge is -2.03. The molecule has 5 heteroatoms. The number of nitrogens with one attached hydrogen (secondary N) is 1. The Labute approximate surface area is 102 Å². The number of amides is 1. The molecule has 16 heavy (non-hydrogen) atoms. The fraction of sp³-hybridized carbons (Fsp3) is 0.0909. The van der Waals surface area contributed by atoms with Crippen molar-refractivity contribution in [3.8, 4) is 0 Å². The number of hydrogen-bond acceptors (Lipinski definition) is 3. The normalized spacial score (nSPS) is 18.6. The molecule has 0 aliphatic carbocycles. The zero-order valence-electron chi connectivity index (χ0n) is 8.41. The highest BCUT2D eigenvalue weighted by Crippen LogP contribution is 2.31. The third kappa shape index (κ3) is 2.15. The van der Waals surface area contributed by atoms with Gasteiger partial charge < -0.3 is 5.32 Å². The van der Waals surface area contributed by atoms with Gasteiger partial charge in [-0.05, 0) is 30.2 Å². The maximum atomic E-state index is 12.7. The predicted molar refractivity (Wildman–Crippen MR) is 67.3 cm³/mol. The lowest BCUT2D eigenvalue weighted by molar-refractivity contribution is -0.115. The largest absolute Gasteiger partial charge is 0.307 e. The molecule has 0 radical (unpaired) electrons. The first-order valence-electron chi connectivity index (χ1n) is 4.58. The van der Waals surface area contributed by atoms with Gasteiger partial charge in [0.05, 0.1) is 4.91 Å². The maximum Gasteiger partial charge on any atom is 0.263 e. The SMILES string of the molecule is C/C(=C1\SC(=S)NC1=O)c1ccc(F)cc1. The highest BCUT2D eigenvalue weighted by molar-refractivity contribution is 8.26. The van der Waals surface area contributed by atoms with Gasteiger partial charge in [0, 0.05) is 0 Å². The van der Waals surface area contributed by atoms with Crippen molar-refractivity contribution in [2.24, 2.45) is 0 Å². The molecule has 0 spiro atoms. The minimum Gasteiger partial charge on any atom is -0.307 e. The van der Waals surface area contributed by atoms with E-state index in [0.717, 1.165) is 11.1 Å². The van der Waals surface area contributed by atoms with Gasteiger partial charge in [-0.1, -0.05) is 36.1 Å². The minimum absolute atomic E-state index is 0.183. The smallest absolute Gasteiger partial charge is 0.263 e. The van der Waals surface area contributed by atoms with Gasteiger partial charge in [0.15, 0.2) is 0 Å². The molecule has 0 aromatic heterocycles. The number of carbonyl (C=O) groups excluding carboxylic acids is 1. The molecule has 0 atom stereocenters. The molecule has 1 amide bonds. The first-order chi connectivity index (χ1) is 7.58. The first-order valence-corrected chi connectivity index (χ1v) is 5.80. The van der Waals surface area contributed by atoms with Gasteiger partial charge in [0.2, 0.25) is 0 Å². The van der Waals surface area contributed by atoms with Crippen LogP contribution in [0.3, 0.4) is 0 Å². The van der Waals surface area contributed by atoms with Crippen LogP contribution in [0.1, 0.15) is 12.5 Å². The molecule has 1 saturated heterocycles. The maximum absolute atomic E-state index is 12.7. The van der Waals surface area contributed by atoms with Crippen LogP contribution in [-0.4, -0.2) is 10.2 Å². The van der Waals surface area contributed by atoms with Crippen molar-refractivity contribution < 1.29 is 9.18 Å². The third-order valence-corrected chi connectivity index (χ3v) is 3.57. The van der Waals surface area contributed by atoms with Crippen LogP contribution in [0.5, 0.6) is 0 Å². The first kappa shape index (κ1) is 11.3.